The van der Waals surface area contributed by atoms with Gasteiger partial charge in [0.05, 0.1) is 12.5 Å². The maximum atomic E-state index is 11.8. The molecule has 0 aliphatic carbocycles. The van der Waals surface area contributed by atoms with Gasteiger partial charge >= 0.3 is 0 Å². The lowest BCUT2D eigenvalue weighted by Crippen LogP contribution is -2.33. The van der Waals surface area contributed by atoms with Gasteiger partial charge in [0.1, 0.15) is 0 Å². The van der Waals surface area contributed by atoms with Crippen LogP contribution in [0.15, 0.2) is 0 Å². The summed E-state index contributed by atoms with van der Waals surface area (Å²) >= 11 is 2.00. The maximum Gasteiger partial charge on any atom is 0.223 e. The fraction of sp³-hybridized carbons (Fsp3) is 0.833. The van der Waals surface area contributed by atoms with Gasteiger partial charge in [0.25, 0.3) is 0 Å². The number of nitriles is 1. The lowest BCUT2D eigenvalue weighted by molar-refractivity contribution is -0.130. The molecule has 0 unspecified atom stereocenters. The van der Waals surface area contributed by atoms with Gasteiger partial charge < -0.3 is 9.80 Å². The van der Waals surface area contributed by atoms with Crippen molar-refractivity contribution in [2.75, 3.05) is 44.7 Å². The average molecular weight is 255 g/mol. The summed E-state index contributed by atoms with van der Waals surface area (Å²) in [4.78, 5) is 15.8. The van der Waals surface area contributed by atoms with Crippen molar-refractivity contribution < 1.29 is 4.79 Å². The molecule has 5 heteroatoms. The summed E-state index contributed by atoms with van der Waals surface area (Å²) in [5, 5.41) is 8.46. The fourth-order valence-electron chi connectivity index (χ4n) is 1.81. The van der Waals surface area contributed by atoms with E-state index >= 15 is 0 Å². The van der Waals surface area contributed by atoms with Crippen molar-refractivity contribution in [1.29, 1.82) is 5.26 Å². The van der Waals surface area contributed by atoms with Crippen LogP contribution in [0.2, 0.25) is 0 Å². The van der Waals surface area contributed by atoms with Crippen LogP contribution in [0.25, 0.3) is 0 Å². The van der Waals surface area contributed by atoms with E-state index in [2.05, 4.69) is 11.0 Å². The van der Waals surface area contributed by atoms with Crippen molar-refractivity contribution in [3.05, 3.63) is 0 Å². The van der Waals surface area contributed by atoms with Crippen molar-refractivity contribution in [3.8, 4) is 6.07 Å². The zero-order valence-corrected chi connectivity index (χ0v) is 11.3. The first-order chi connectivity index (χ1) is 8.24. The first-order valence-corrected chi connectivity index (χ1v) is 7.30. The fourth-order valence-corrected chi connectivity index (χ4v) is 2.73. The molecule has 0 saturated carbocycles. The van der Waals surface area contributed by atoms with Crippen LogP contribution in [0.1, 0.15) is 19.3 Å². The third kappa shape index (κ3) is 5.94. The van der Waals surface area contributed by atoms with E-state index in [4.69, 9.17) is 5.26 Å². The van der Waals surface area contributed by atoms with E-state index in [0.717, 1.165) is 19.6 Å². The van der Waals surface area contributed by atoms with E-state index in [1.54, 1.807) is 11.9 Å². The summed E-state index contributed by atoms with van der Waals surface area (Å²) in [6, 6.07) is 2.06. The predicted molar refractivity (Wildman–Crippen MR) is 70.9 cm³/mol. The Balaban J connectivity index is 2.19. The monoisotopic (exact) mass is 255 g/mol. The van der Waals surface area contributed by atoms with Gasteiger partial charge in [-0.3, -0.25) is 4.79 Å². The molecule has 1 fully saturated rings. The highest BCUT2D eigenvalue weighted by atomic mass is 32.2. The second-order valence-corrected chi connectivity index (χ2v) is 5.51. The normalized spacial score (nSPS) is 17.2. The number of hydrogen-bond donors (Lipinski definition) is 0. The predicted octanol–water partition coefficient (Wildman–Crippen LogP) is 1.19. The van der Waals surface area contributed by atoms with E-state index in [9.17, 15) is 4.79 Å². The highest BCUT2D eigenvalue weighted by Crippen LogP contribution is 2.10. The largest absolute Gasteiger partial charge is 0.345 e. The molecule has 0 spiro atoms. The van der Waals surface area contributed by atoms with Crippen molar-refractivity contribution in [1.82, 2.24) is 9.80 Å². The molecule has 1 rings (SSSR count). The molecule has 0 aromatic heterocycles. The minimum atomic E-state index is 0.150. The second-order valence-electron chi connectivity index (χ2n) is 4.28. The lowest BCUT2D eigenvalue weighted by atomic mass is 10.3. The molecular formula is C12H21N3OS. The molecule has 0 bridgehead atoms. The van der Waals surface area contributed by atoms with Gasteiger partial charge in [0.2, 0.25) is 5.91 Å². The van der Waals surface area contributed by atoms with Gasteiger partial charge in [-0.25, -0.2) is 0 Å². The molecule has 96 valence electrons. The Morgan fingerprint density at radius 2 is 2.29 bits per heavy atom. The molecule has 17 heavy (non-hydrogen) atoms. The molecule has 1 aliphatic rings. The smallest absolute Gasteiger partial charge is 0.223 e. The van der Waals surface area contributed by atoms with Crippen LogP contribution in [0.5, 0.6) is 0 Å². The van der Waals surface area contributed by atoms with Gasteiger partial charge in [0.15, 0.2) is 0 Å². The third-order valence-corrected chi connectivity index (χ3v) is 3.99. The minimum absolute atomic E-state index is 0.150. The SMILES string of the molecule is CN(CCC#N)C(=O)CCN1CCCSCC1. The van der Waals surface area contributed by atoms with Gasteiger partial charge in [-0.1, -0.05) is 0 Å². The number of amides is 1. The van der Waals surface area contributed by atoms with Crippen LogP contribution in [0, 0.1) is 11.3 Å². The maximum absolute atomic E-state index is 11.8. The summed E-state index contributed by atoms with van der Waals surface area (Å²) in [7, 11) is 1.78. The highest BCUT2D eigenvalue weighted by Gasteiger charge is 2.13. The minimum Gasteiger partial charge on any atom is -0.345 e. The van der Waals surface area contributed by atoms with Crippen LogP contribution < -0.4 is 0 Å². The Bertz CT molecular complexity index is 269. The van der Waals surface area contributed by atoms with Crippen molar-refractivity contribution in [2.24, 2.45) is 0 Å². The van der Waals surface area contributed by atoms with Crippen LogP contribution in [0.4, 0.5) is 0 Å². The van der Waals surface area contributed by atoms with Crippen LogP contribution in [-0.2, 0) is 4.79 Å². The van der Waals surface area contributed by atoms with Crippen molar-refractivity contribution >= 4 is 17.7 Å². The number of hydrogen-bond acceptors (Lipinski definition) is 4. The molecule has 1 saturated heterocycles. The Morgan fingerprint density at radius 1 is 1.47 bits per heavy atom. The Labute approximate surface area is 108 Å². The van der Waals surface area contributed by atoms with Crippen molar-refractivity contribution in [3.63, 3.8) is 0 Å². The second kappa shape index (κ2) is 8.37. The van der Waals surface area contributed by atoms with Crippen molar-refractivity contribution in [2.45, 2.75) is 19.3 Å². The molecule has 0 atom stereocenters. The lowest BCUT2D eigenvalue weighted by Gasteiger charge is -2.21. The van der Waals surface area contributed by atoms with Crippen LogP contribution >= 0.6 is 11.8 Å². The molecule has 1 heterocycles. The van der Waals surface area contributed by atoms with Gasteiger partial charge in [-0.15, -0.1) is 0 Å². The topological polar surface area (TPSA) is 47.3 Å². The molecule has 0 aromatic carbocycles. The van der Waals surface area contributed by atoms with E-state index < -0.39 is 0 Å². The summed E-state index contributed by atoms with van der Waals surface area (Å²) in [6.45, 7) is 3.61. The zero-order chi connectivity index (χ0) is 12.5. The molecule has 0 radical (unpaired) electrons. The first-order valence-electron chi connectivity index (χ1n) is 6.15. The quantitative estimate of drug-likeness (QED) is 0.740. The third-order valence-electron chi connectivity index (χ3n) is 2.94. The number of carbonyl (C=O) groups excluding carboxylic acids is 1. The molecule has 0 N–H and O–H groups in total. The Hall–Kier alpha value is -0.730. The zero-order valence-electron chi connectivity index (χ0n) is 10.5. The molecule has 4 nitrogen and oxygen atoms in total. The van der Waals surface area contributed by atoms with Crippen LogP contribution in [-0.4, -0.2) is 60.4 Å². The van der Waals surface area contributed by atoms with E-state index in [1.807, 2.05) is 11.8 Å². The van der Waals surface area contributed by atoms with E-state index in [0.29, 0.717) is 19.4 Å². The Morgan fingerprint density at radius 3 is 3.06 bits per heavy atom. The standard InChI is InChI=1S/C12H21N3OS/c1-14(6-2-5-13)12(16)4-8-15-7-3-10-17-11-9-15/h2-4,6-11H2,1H3. The Kier molecular flexibility index (Phi) is 7.06. The van der Waals surface area contributed by atoms with E-state index in [-0.39, 0.29) is 5.91 Å². The number of carbonyl (C=O) groups is 1. The molecule has 1 aliphatic heterocycles. The average Bonchev–Trinajstić information content (AvgIpc) is 2.61. The summed E-state index contributed by atoms with van der Waals surface area (Å²) in [5.41, 5.74) is 0. The van der Waals surface area contributed by atoms with E-state index in [1.165, 1.54) is 17.9 Å². The number of rotatable bonds is 5. The van der Waals surface area contributed by atoms with Gasteiger partial charge in [-0.05, 0) is 18.7 Å². The highest BCUT2D eigenvalue weighted by molar-refractivity contribution is 7.99. The van der Waals surface area contributed by atoms with Gasteiger partial charge in [0, 0.05) is 38.9 Å². The van der Waals surface area contributed by atoms with Gasteiger partial charge in [-0.2, -0.15) is 17.0 Å². The summed E-state index contributed by atoms with van der Waals surface area (Å²) in [5.74, 6) is 2.57. The van der Waals surface area contributed by atoms with Crippen LogP contribution in [0.3, 0.4) is 0 Å². The molecular weight excluding hydrogens is 234 g/mol. The molecule has 1 amide bonds. The number of thioether (sulfide) groups is 1. The first kappa shape index (κ1) is 14.3. The summed E-state index contributed by atoms with van der Waals surface area (Å²) < 4.78 is 0. The molecule has 0 aromatic rings. The summed E-state index contributed by atoms with van der Waals surface area (Å²) in [6.07, 6.45) is 2.22. The number of nitrogens with zero attached hydrogens (tertiary/aromatic N) is 3.